The van der Waals surface area contributed by atoms with Crippen LogP contribution in [0.15, 0.2) is 48.5 Å². The van der Waals surface area contributed by atoms with Crippen LogP contribution in [0.5, 0.6) is 11.5 Å². The molecule has 136 valence electrons. The third kappa shape index (κ3) is 4.44. The number of benzene rings is 2. The van der Waals surface area contributed by atoms with Gasteiger partial charge < -0.3 is 24.8 Å². The lowest BCUT2D eigenvalue weighted by molar-refractivity contribution is -0.142. The van der Waals surface area contributed by atoms with Crippen LogP contribution in [0, 0.1) is 0 Å². The summed E-state index contributed by atoms with van der Waals surface area (Å²) in [5, 5.41) is 5.39. The van der Waals surface area contributed by atoms with E-state index in [-0.39, 0.29) is 6.79 Å². The number of ether oxygens (including phenoxy) is 3. The maximum Gasteiger partial charge on any atom is 0.328 e. The third-order valence-electron chi connectivity index (χ3n) is 3.96. The van der Waals surface area contributed by atoms with Crippen molar-refractivity contribution in [1.29, 1.82) is 0 Å². The van der Waals surface area contributed by atoms with Crippen LogP contribution in [0.1, 0.15) is 11.1 Å². The summed E-state index contributed by atoms with van der Waals surface area (Å²) in [5.41, 5.74) is 1.79. The highest BCUT2D eigenvalue weighted by Gasteiger charge is 2.22. The molecule has 0 fully saturated rings. The van der Waals surface area contributed by atoms with Crippen LogP contribution in [-0.4, -0.2) is 31.9 Å². The minimum Gasteiger partial charge on any atom is -0.467 e. The molecule has 1 aliphatic heterocycles. The molecule has 0 saturated carbocycles. The van der Waals surface area contributed by atoms with E-state index in [1.54, 1.807) is 6.07 Å². The molecule has 1 aliphatic rings. The van der Waals surface area contributed by atoms with Gasteiger partial charge in [-0.3, -0.25) is 0 Å². The Morgan fingerprint density at radius 3 is 2.62 bits per heavy atom. The number of carbonyl (C=O) groups is 2. The zero-order valence-electron chi connectivity index (χ0n) is 14.4. The Kier molecular flexibility index (Phi) is 5.58. The van der Waals surface area contributed by atoms with Crippen molar-refractivity contribution in [2.75, 3.05) is 13.9 Å². The highest BCUT2D eigenvalue weighted by molar-refractivity contribution is 5.83. The van der Waals surface area contributed by atoms with Crippen LogP contribution in [-0.2, 0) is 22.5 Å². The molecule has 0 spiro atoms. The molecular formula is C19H20N2O5. The maximum absolute atomic E-state index is 12.2. The number of carbonyl (C=O) groups excluding carboxylic acids is 2. The molecule has 2 aromatic carbocycles. The molecule has 2 aromatic rings. The molecule has 0 bridgehead atoms. The van der Waals surface area contributed by atoms with Gasteiger partial charge in [0, 0.05) is 13.0 Å². The molecule has 26 heavy (non-hydrogen) atoms. The number of hydrogen-bond acceptors (Lipinski definition) is 5. The fraction of sp³-hybridized carbons (Fsp3) is 0.263. The van der Waals surface area contributed by atoms with E-state index in [2.05, 4.69) is 10.6 Å². The van der Waals surface area contributed by atoms with Gasteiger partial charge in [-0.15, -0.1) is 0 Å². The van der Waals surface area contributed by atoms with Gasteiger partial charge in [0.2, 0.25) is 6.79 Å². The topological polar surface area (TPSA) is 85.9 Å². The fourth-order valence-electron chi connectivity index (χ4n) is 2.63. The monoisotopic (exact) mass is 356 g/mol. The van der Waals surface area contributed by atoms with E-state index in [0.29, 0.717) is 24.5 Å². The molecule has 2 amide bonds. The lowest BCUT2D eigenvalue weighted by Gasteiger charge is -2.17. The van der Waals surface area contributed by atoms with Gasteiger partial charge >= 0.3 is 12.0 Å². The zero-order chi connectivity index (χ0) is 18.4. The molecule has 0 aliphatic carbocycles. The standard InChI is InChI=1S/C19H20N2O5/c1-24-18(22)15(9-13-5-3-2-4-6-13)21-19(23)20-11-14-7-8-16-17(10-14)26-12-25-16/h2-8,10,15H,9,11-12H2,1H3,(H2,20,21,23)/t15-/m0/s1. The van der Waals surface area contributed by atoms with Crippen LogP contribution >= 0.6 is 0 Å². The van der Waals surface area contributed by atoms with Gasteiger partial charge in [0.25, 0.3) is 0 Å². The van der Waals surface area contributed by atoms with E-state index in [4.69, 9.17) is 14.2 Å². The summed E-state index contributed by atoms with van der Waals surface area (Å²) >= 11 is 0. The average Bonchev–Trinajstić information content (AvgIpc) is 3.14. The molecule has 0 unspecified atom stereocenters. The Morgan fingerprint density at radius 1 is 1.08 bits per heavy atom. The van der Waals surface area contributed by atoms with Gasteiger partial charge in [0.15, 0.2) is 11.5 Å². The number of amides is 2. The summed E-state index contributed by atoms with van der Waals surface area (Å²) in [6.45, 7) is 0.495. The molecule has 0 aromatic heterocycles. The number of nitrogens with one attached hydrogen (secondary N) is 2. The predicted octanol–water partition coefficient (Wildman–Crippen LogP) is 2.00. The second-order valence-electron chi connectivity index (χ2n) is 5.78. The van der Waals surface area contributed by atoms with Crippen molar-refractivity contribution >= 4 is 12.0 Å². The number of hydrogen-bond donors (Lipinski definition) is 2. The number of methoxy groups -OCH3 is 1. The summed E-state index contributed by atoms with van der Waals surface area (Å²) in [7, 11) is 1.30. The van der Waals surface area contributed by atoms with Crippen molar-refractivity contribution < 1.29 is 23.8 Å². The summed E-state index contributed by atoms with van der Waals surface area (Å²) in [4.78, 5) is 24.1. The Bertz CT molecular complexity index is 779. The van der Waals surface area contributed by atoms with E-state index in [1.165, 1.54) is 7.11 Å². The smallest absolute Gasteiger partial charge is 0.328 e. The highest BCUT2D eigenvalue weighted by Crippen LogP contribution is 2.32. The molecule has 1 atom stereocenters. The molecule has 2 N–H and O–H groups in total. The predicted molar refractivity (Wildman–Crippen MR) is 93.9 cm³/mol. The first-order valence-electron chi connectivity index (χ1n) is 8.20. The first kappa shape index (κ1) is 17.6. The van der Waals surface area contributed by atoms with Crippen molar-refractivity contribution in [3.63, 3.8) is 0 Å². The van der Waals surface area contributed by atoms with Crippen LogP contribution < -0.4 is 20.1 Å². The SMILES string of the molecule is COC(=O)[C@H](Cc1ccccc1)NC(=O)NCc1ccc2c(c1)OCO2. The van der Waals surface area contributed by atoms with Gasteiger partial charge in [-0.05, 0) is 23.3 Å². The second kappa shape index (κ2) is 8.24. The van der Waals surface area contributed by atoms with Gasteiger partial charge in [-0.25, -0.2) is 9.59 Å². The quantitative estimate of drug-likeness (QED) is 0.773. The maximum atomic E-state index is 12.2. The van der Waals surface area contributed by atoms with E-state index in [0.717, 1.165) is 11.1 Å². The molecule has 7 nitrogen and oxygen atoms in total. The first-order valence-corrected chi connectivity index (χ1v) is 8.20. The normalized spacial score (nSPS) is 13.0. The Labute approximate surface area is 151 Å². The summed E-state index contributed by atoms with van der Waals surface area (Å²) in [5.74, 6) is 0.847. The van der Waals surface area contributed by atoms with Gasteiger partial charge in [0.05, 0.1) is 7.11 Å². The van der Waals surface area contributed by atoms with Crippen molar-refractivity contribution in [3.05, 3.63) is 59.7 Å². The molecule has 3 rings (SSSR count). The number of rotatable bonds is 6. The Hall–Kier alpha value is -3.22. The molecule has 0 saturated heterocycles. The first-order chi connectivity index (χ1) is 12.7. The van der Waals surface area contributed by atoms with E-state index < -0.39 is 18.0 Å². The molecule has 0 radical (unpaired) electrons. The molecule has 1 heterocycles. The van der Waals surface area contributed by atoms with Crippen molar-refractivity contribution in [3.8, 4) is 11.5 Å². The molecular weight excluding hydrogens is 336 g/mol. The zero-order valence-corrected chi connectivity index (χ0v) is 14.4. The highest BCUT2D eigenvalue weighted by atomic mass is 16.7. The van der Waals surface area contributed by atoms with Crippen LogP contribution in [0.2, 0.25) is 0 Å². The minimum atomic E-state index is -0.765. The average molecular weight is 356 g/mol. The van der Waals surface area contributed by atoms with E-state index in [1.807, 2.05) is 42.5 Å². The van der Waals surface area contributed by atoms with Crippen LogP contribution in [0.25, 0.3) is 0 Å². The number of fused-ring (bicyclic) bond motifs is 1. The van der Waals surface area contributed by atoms with Crippen LogP contribution in [0.3, 0.4) is 0 Å². The van der Waals surface area contributed by atoms with Crippen molar-refractivity contribution in [2.24, 2.45) is 0 Å². The van der Waals surface area contributed by atoms with Gasteiger partial charge in [-0.1, -0.05) is 36.4 Å². The van der Waals surface area contributed by atoms with Crippen molar-refractivity contribution in [2.45, 2.75) is 19.0 Å². The largest absolute Gasteiger partial charge is 0.467 e. The summed E-state index contributed by atoms with van der Waals surface area (Å²) in [6, 6.07) is 13.7. The lowest BCUT2D eigenvalue weighted by Crippen LogP contribution is -2.47. The molecule has 7 heteroatoms. The van der Waals surface area contributed by atoms with Gasteiger partial charge in [0.1, 0.15) is 6.04 Å². The second-order valence-corrected chi connectivity index (χ2v) is 5.78. The lowest BCUT2D eigenvalue weighted by atomic mass is 10.1. The van der Waals surface area contributed by atoms with Crippen molar-refractivity contribution in [1.82, 2.24) is 10.6 Å². The number of urea groups is 1. The Balaban J connectivity index is 1.56. The van der Waals surface area contributed by atoms with E-state index >= 15 is 0 Å². The van der Waals surface area contributed by atoms with E-state index in [9.17, 15) is 9.59 Å². The number of esters is 1. The van der Waals surface area contributed by atoms with Gasteiger partial charge in [-0.2, -0.15) is 0 Å². The fourth-order valence-corrected chi connectivity index (χ4v) is 2.63. The minimum absolute atomic E-state index is 0.201. The third-order valence-corrected chi connectivity index (χ3v) is 3.96. The summed E-state index contributed by atoms with van der Waals surface area (Å²) in [6.07, 6.45) is 0.352. The van der Waals surface area contributed by atoms with Crippen LogP contribution in [0.4, 0.5) is 4.79 Å². The summed E-state index contributed by atoms with van der Waals surface area (Å²) < 4.78 is 15.4. The Morgan fingerprint density at radius 2 is 1.85 bits per heavy atom.